The molecule has 2 heterocycles. The highest BCUT2D eigenvalue weighted by Gasteiger charge is 2.36. The number of fused-ring (bicyclic) bond motifs is 1. The predicted octanol–water partition coefficient (Wildman–Crippen LogP) is 0.384. The van der Waals surface area contributed by atoms with Gasteiger partial charge in [0.15, 0.2) is 5.82 Å². The fourth-order valence-electron chi connectivity index (χ4n) is 3.23. The molecular formula is C13H21N5O. The number of hydrogen-bond donors (Lipinski definition) is 1. The molecule has 19 heavy (non-hydrogen) atoms. The van der Waals surface area contributed by atoms with Crippen molar-refractivity contribution >= 4 is 5.91 Å². The molecule has 1 aromatic heterocycles. The summed E-state index contributed by atoms with van der Waals surface area (Å²) in [5.41, 5.74) is 6.10. The van der Waals surface area contributed by atoms with Gasteiger partial charge in [-0.05, 0) is 18.8 Å². The minimum absolute atomic E-state index is 0.0817. The van der Waals surface area contributed by atoms with Crippen molar-refractivity contribution in [3.05, 3.63) is 12.2 Å². The number of rotatable bonds is 1. The third kappa shape index (κ3) is 2.25. The molecule has 0 saturated heterocycles. The van der Waals surface area contributed by atoms with Gasteiger partial charge < -0.3 is 15.2 Å². The lowest BCUT2D eigenvalue weighted by molar-refractivity contribution is -0.140. The highest BCUT2D eigenvalue weighted by Crippen LogP contribution is 2.31. The molecule has 3 rings (SSSR count). The van der Waals surface area contributed by atoms with Gasteiger partial charge in [0.25, 0.3) is 0 Å². The number of carbonyl (C=O) groups excluding carboxylic acids is 1. The maximum Gasteiger partial charge on any atom is 0.226 e. The van der Waals surface area contributed by atoms with Crippen molar-refractivity contribution in [1.82, 2.24) is 19.7 Å². The van der Waals surface area contributed by atoms with E-state index in [2.05, 4.69) is 17.1 Å². The summed E-state index contributed by atoms with van der Waals surface area (Å²) in [6.07, 6.45) is 4.80. The number of amides is 1. The molecule has 1 aromatic rings. The molecule has 1 saturated carbocycles. The molecule has 6 heteroatoms. The Morgan fingerprint density at radius 1 is 1.42 bits per heavy atom. The molecule has 2 aliphatic rings. The minimum Gasteiger partial charge on any atom is -0.333 e. The number of aromatic nitrogens is 3. The predicted molar refractivity (Wildman–Crippen MR) is 69.9 cm³/mol. The molecule has 0 bridgehead atoms. The lowest BCUT2D eigenvalue weighted by atomic mass is 9.76. The van der Waals surface area contributed by atoms with Crippen molar-refractivity contribution in [2.75, 3.05) is 6.54 Å². The van der Waals surface area contributed by atoms with E-state index in [1.54, 1.807) is 6.33 Å². The zero-order valence-corrected chi connectivity index (χ0v) is 11.3. The minimum atomic E-state index is 0.0817. The number of carbonyl (C=O) groups is 1. The monoisotopic (exact) mass is 263 g/mol. The van der Waals surface area contributed by atoms with Crippen LogP contribution in [0, 0.1) is 11.8 Å². The average molecular weight is 263 g/mol. The van der Waals surface area contributed by atoms with Crippen LogP contribution in [0.4, 0.5) is 0 Å². The fourth-order valence-corrected chi connectivity index (χ4v) is 3.23. The van der Waals surface area contributed by atoms with Crippen LogP contribution in [-0.4, -0.2) is 38.2 Å². The Hall–Kier alpha value is -1.43. The summed E-state index contributed by atoms with van der Waals surface area (Å²) >= 11 is 0. The topological polar surface area (TPSA) is 77.0 Å². The second kappa shape index (κ2) is 4.92. The van der Waals surface area contributed by atoms with Gasteiger partial charge in [-0.25, -0.2) is 0 Å². The first-order valence-electron chi connectivity index (χ1n) is 7.08. The molecule has 6 nitrogen and oxygen atoms in total. The molecule has 1 aliphatic heterocycles. The fraction of sp³-hybridized carbons (Fsp3) is 0.769. The van der Waals surface area contributed by atoms with Gasteiger partial charge in [-0.15, -0.1) is 10.2 Å². The number of nitrogens with zero attached hydrogens (tertiary/aromatic N) is 4. The molecule has 3 unspecified atom stereocenters. The summed E-state index contributed by atoms with van der Waals surface area (Å²) in [5.74, 6) is 1.49. The van der Waals surface area contributed by atoms with Gasteiger partial charge in [-0.3, -0.25) is 4.79 Å². The lowest BCUT2D eigenvalue weighted by Crippen LogP contribution is -2.47. The van der Waals surface area contributed by atoms with E-state index < -0.39 is 0 Å². The molecule has 0 spiro atoms. The van der Waals surface area contributed by atoms with Crippen LogP contribution in [0.25, 0.3) is 0 Å². The van der Waals surface area contributed by atoms with Crippen LogP contribution in [0.1, 0.15) is 32.0 Å². The van der Waals surface area contributed by atoms with Crippen molar-refractivity contribution in [2.24, 2.45) is 17.6 Å². The third-order valence-electron chi connectivity index (χ3n) is 4.63. The Bertz CT molecular complexity index is 471. The van der Waals surface area contributed by atoms with Crippen molar-refractivity contribution in [3.63, 3.8) is 0 Å². The van der Waals surface area contributed by atoms with E-state index in [9.17, 15) is 4.79 Å². The lowest BCUT2D eigenvalue weighted by Gasteiger charge is -2.37. The summed E-state index contributed by atoms with van der Waals surface area (Å²) < 4.78 is 2.01. The average Bonchev–Trinajstić information content (AvgIpc) is 2.88. The highest BCUT2D eigenvalue weighted by molar-refractivity contribution is 5.79. The van der Waals surface area contributed by atoms with Crippen molar-refractivity contribution in [1.29, 1.82) is 0 Å². The standard InChI is InChI=1S/C13H21N5O/c1-9-10(3-2-4-11(9)14)13(19)17-5-6-18-8-15-16-12(18)7-17/h8-11H,2-7,14H2,1H3. The maximum absolute atomic E-state index is 12.7. The summed E-state index contributed by atoms with van der Waals surface area (Å²) in [6, 6.07) is 0.163. The van der Waals surface area contributed by atoms with Gasteiger partial charge in [0.1, 0.15) is 6.33 Å². The summed E-state index contributed by atoms with van der Waals surface area (Å²) in [4.78, 5) is 14.6. The van der Waals surface area contributed by atoms with Gasteiger partial charge in [0.2, 0.25) is 5.91 Å². The van der Waals surface area contributed by atoms with E-state index in [0.717, 1.165) is 38.2 Å². The first kappa shape index (κ1) is 12.6. The Labute approximate surface area is 113 Å². The van der Waals surface area contributed by atoms with Crippen LogP contribution in [0.2, 0.25) is 0 Å². The van der Waals surface area contributed by atoms with Crippen LogP contribution in [0.5, 0.6) is 0 Å². The quantitative estimate of drug-likeness (QED) is 0.795. The summed E-state index contributed by atoms with van der Waals surface area (Å²) in [6.45, 7) is 4.24. The van der Waals surface area contributed by atoms with Crippen LogP contribution in [0.3, 0.4) is 0 Å². The van der Waals surface area contributed by atoms with Gasteiger partial charge in [-0.2, -0.15) is 0 Å². The first-order valence-corrected chi connectivity index (χ1v) is 7.08. The van der Waals surface area contributed by atoms with Crippen LogP contribution in [0.15, 0.2) is 6.33 Å². The molecule has 1 amide bonds. The Kier molecular flexibility index (Phi) is 3.26. The van der Waals surface area contributed by atoms with Gasteiger partial charge in [0.05, 0.1) is 6.54 Å². The summed E-state index contributed by atoms with van der Waals surface area (Å²) in [5, 5.41) is 7.95. The van der Waals surface area contributed by atoms with E-state index in [4.69, 9.17) is 5.73 Å². The second-order valence-electron chi connectivity index (χ2n) is 5.76. The van der Waals surface area contributed by atoms with E-state index in [-0.39, 0.29) is 23.8 Å². The Morgan fingerprint density at radius 3 is 3.11 bits per heavy atom. The molecule has 2 N–H and O–H groups in total. The molecule has 104 valence electrons. The molecule has 1 fully saturated rings. The zero-order chi connectivity index (χ0) is 13.4. The molecule has 1 aliphatic carbocycles. The first-order chi connectivity index (χ1) is 9.16. The van der Waals surface area contributed by atoms with Crippen molar-refractivity contribution in [3.8, 4) is 0 Å². The van der Waals surface area contributed by atoms with E-state index in [1.807, 2.05) is 9.47 Å². The van der Waals surface area contributed by atoms with Crippen LogP contribution >= 0.6 is 0 Å². The van der Waals surface area contributed by atoms with E-state index in [0.29, 0.717) is 6.54 Å². The second-order valence-corrected chi connectivity index (χ2v) is 5.76. The van der Waals surface area contributed by atoms with Crippen LogP contribution < -0.4 is 5.73 Å². The molecule has 0 radical (unpaired) electrons. The smallest absolute Gasteiger partial charge is 0.226 e. The van der Waals surface area contributed by atoms with Gasteiger partial charge >= 0.3 is 0 Å². The van der Waals surface area contributed by atoms with Gasteiger partial charge in [0, 0.05) is 25.0 Å². The maximum atomic E-state index is 12.7. The highest BCUT2D eigenvalue weighted by atomic mass is 16.2. The summed E-state index contributed by atoms with van der Waals surface area (Å²) in [7, 11) is 0. The molecular weight excluding hydrogens is 242 g/mol. The van der Waals surface area contributed by atoms with E-state index >= 15 is 0 Å². The normalized spacial score (nSPS) is 31.1. The van der Waals surface area contributed by atoms with Gasteiger partial charge in [-0.1, -0.05) is 13.3 Å². The van der Waals surface area contributed by atoms with Crippen molar-refractivity contribution < 1.29 is 4.79 Å². The van der Waals surface area contributed by atoms with Crippen molar-refractivity contribution in [2.45, 2.75) is 45.3 Å². The molecule has 3 atom stereocenters. The largest absolute Gasteiger partial charge is 0.333 e. The Balaban J connectivity index is 1.71. The Morgan fingerprint density at radius 2 is 2.26 bits per heavy atom. The SMILES string of the molecule is CC1C(N)CCCC1C(=O)N1CCn2cnnc2C1. The van der Waals surface area contributed by atoms with Crippen LogP contribution in [-0.2, 0) is 17.9 Å². The van der Waals surface area contributed by atoms with E-state index in [1.165, 1.54) is 0 Å². The third-order valence-corrected chi connectivity index (χ3v) is 4.63. The number of nitrogens with two attached hydrogens (primary N) is 1. The number of hydrogen-bond acceptors (Lipinski definition) is 4. The zero-order valence-electron chi connectivity index (χ0n) is 11.3. The molecule has 0 aromatic carbocycles.